The molecule has 6 heteroatoms. The fourth-order valence-corrected chi connectivity index (χ4v) is 1.91. The topological polar surface area (TPSA) is 93.2 Å². The molecule has 0 aliphatic carbocycles. The first-order valence-electron chi connectivity index (χ1n) is 5.40. The number of carbonyl (C=O) groups is 1. The van der Waals surface area contributed by atoms with Gasteiger partial charge in [0.15, 0.2) is 5.58 Å². The van der Waals surface area contributed by atoms with Crippen LogP contribution in [0.3, 0.4) is 0 Å². The Morgan fingerprint density at radius 2 is 2.41 bits per heavy atom. The van der Waals surface area contributed by atoms with E-state index < -0.39 is 0 Å². The third kappa shape index (κ3) is 1.77. The lowest BCUT2D eigenvalue weighted by Gasteiger charge is -2.06. The van der Waals surface area contributed by atoms with Gasteiger partial charge in [-0.25, -0.2) is 0 Å². The molecule has 0 saturated carbocycles. The largest absolute Gasteiger partial charge is 0.423 e. The van der Waals surface area contributed by atoms with Gasteiger partial charge < -0.3 is 20.8 Å². The maximum absolute atomic E-state index is 11.0. The molecule has 1 aromatic heterocycles. The highest BCUT2D eigenvalue weighted by atomic mass is 16.4. The molecule has 88 valence electrons. The molecular weight excluding hydrogens is 220 g/mol. The van der Waals surface area contributed by atoms with Crippen LogP contribution in [0.1, 0.15) is 6.42 Å². The van der Waals surface area contributed by atoms with Crippen molar-refractivity contribution in [3.63, 3.8) is 0 Å². The zero-order chi connectivity index (χ0) is 11.8. The van der Waals surface area contributed by atoms with E-state index in [0.29, 0.717) is 35.8 Å². The lowest BCUT2D eigenvalue weighted by atomic mass is 10.3. The molecule has 2 heterocycles. The molecule has 2 aromatic rings. The lowest BCUT2D eigenvalue weighted by molar-refractivity contribution is -0.119. The number of oxazole rings is 1. The highest BCUT2D eigenvalue weighted by Crippen LogP contribution is 2.24. The Bertz CT molecular complexity index is 578. The van der Waals surface area contributed by atoms with E-state index in [-0.39, 0.29) is 11.9 Å². The molecule has 1 fully saturated rings. The van der Waals surface area contributed by atoms with Gasteiger partial charge in [0.2, 0.25) is 5.91 Å². The van der Waals surface area contributed by atoms with Crippen LogP contribution in [0.5, 0.6) is 0 Å². The number of aromatic nitrogens is 1. The average molecular weight is 232 g/mol. The van der Waals surface area contributed by atoms with Gasteiger partial charge in [-0.05, 0) is 12.1 Å². The number of fused-ring (bicyclic) bond motifs is 1. The average Bonchev–Trinajstić information content (AvgIpc) is 2.86. The summed E-state index contributed by atoms with van der Waals surface area (Å²) in [5, 5.41) is 5.81. The quantitative estimate of drug-likeness (QED) is 0.663. The van der Waals surface area contributed by atoms with E-state index in [9.17, 15) is 4.79 Å². The lowest BCUT2D eigenvalue weighted by Crippen LogP contribution is -2.22. The number of carbonyl (C=O) groups excluding carboxylic acids is 1. The zero-order valence-electron chi connectivity index (χ0n) is 9.06. The van der Waals surface area contributed by atoms with Crippen LogP contribution in [-0.4, -0.2) is 23.5 Å². The van der Waals surface area contributed by atoms with Crippen molar-refractivity contribution in [2.75, 3.05) is 17.6 Å². The maximum Gasteiger partial charge on any atom is 0.296 e. The van der Waals surface area contributed by atoms with Gasteiger partial charge in [0.25, 0.3) is 6.01 Å². The second-order valence-corrected chi connectivity index (χ2v) is 4.06. The van der Waals surface area contributed by atoms with E-state index in [0.717, 1.165) is 0 Å². The van der Waals surface area contributed by atoms with Gasteiger partial charge in [0, 0.05) is 13.0 Å². The molecule has 0 bridgehead atoms. The highest BCUT2D eigenvalue weighted by molar-refractivity contribution is 5.86. The fourth-order valence-electron chi connectivity index (χ4n) is 1.91. The predicted octanol–water partition coefficient (Wildman–Crippen LogP) is 0.710. The smallest absolute Gasteiger partial charge is 0.296 e. The van der Waals surface area contributed by atoms with Crippen LogP contribution in [-0.2, 0) is 4.79 Å². The summed E-state index contributed by atoms with van der Waals surface area (Å²) in [6, 6.07) is 5.82. The van der Waals surface area contributed by atoms with Gasteiger partial charge in [-0.15, -0.1) is 0 Å². The first-order chi connectivity index (χ1) is 8.22. The van der Waals surface area contributed by atoms with Gasteiger partial charge >= 0.3 is 0 Å². The van der Waals surface area contributed by atoms with E-state index in [2.05, 4.69) is 15.6 Å². The van der Waals surface area contributed by atoms with E-state index in [1.807, 2.05) is 12.1 Å². The number of benzene rings is 1. The summed E-state index contributed by atoms with van der Waals surface area (Å²) in [5.74, 6) is 0.0399. The second kappa shape index (κ2) is 3.65. The summed E-state index contributed by atoms with van der Waals surface area (Å²) in [4.78, 5) is 15.3. The number of nitrogens with two attached hydrogens (primary N) is 1. The first-order valence-corrected chi connectivity index (χ1v) is 5.40. The van der Waals surface area contributed by atoms with Crippen molar-refractivity contribution in [3.05, 3.63) is 18.2 Å². The van der Waals surface area contributed by atoms with Crippen LogP contribution in [0.15, 0.2) is 22.6 Å². The molecule has 1 unspecified atom stereocenters. The molecule has 3 rings (SSSR count). The summed E-state index contributed by atoms with van der Waals surface area (Å²) in [7, 11) is 0. The van der Waals surface area contributed by atoms with Crippen molar-refractivity contribution < 1.29 is 9.21 Å². The Labute approximate surface area is 97.2 Å². The molecule has 1 aliphatic rings. The predicted molar refractivity (Wildman–Crippen MR) is 63.5 cm³/mol. The summed E-state index contributed by atoms with van der Waals surface area (Å²) < 4.78 is 5.50. The van der Waals surface area contributed by atoms with E-state index in [4.69, 9.17) is 10.2 Å². The standard InChI is InChI=1S/C11H12N4O2/c12-7-2-1-3-8-10(7)15-11(17-8)14-6-4-9(16)13-5-6/h1-3,6H,4-5,12H2,(H,13,16)(H,14,15). The van der Waals surface area contributed by atoms with Gasteiger partial charge in [0.1, 0.15) is 5.52 Å². The zero-order valence-corrected chi connectivity index (χ0v) is 9.06. The minimum absolute atomic E-state index is 0.0248. The number of hydrogen-bond donors (Lipinski definition) is 3. The number of hydrogen-bond acceptors (Lipinski definition) is 5. The molecule has 1 atom stereocenters. The molecule has 0 spiro atoms. The third-order valence-electron chi connectivity index (χ3n) is 2.76. The molecule has 0 radical (unpaired) electrons. The van der Waals surface area contributed by atoms with E-state index in [1.165, 1.54) is 0 Å². The molecule has 4 N–H and O–H groups in total. The Kier molecular flexibility index (Phi) is 2.14. The SMILES string of the molecule is Nc1cccc2oc(NC3CNC(=O)C3)nc12. The van der Waals surface area contributed by atoms with E-state index in [1.54, 1.807) is 6.07 Å². The van der Waals surface area contributed by atoms with Crippen LogP contribution in [0.2, 0.25) is 0 Å². The Balaban J connectivity index is 1.86. The molecule has 1 aliphatic heterocycles. The van der Waals surface area contributed by atoms with Gasteiger partial charge in [0.05, 0.1) is 11.7 Å². The number of rotatable bonds is 2. The van der Waals surface area contributed by atoms with Crippen molar-refractivity contribution in [2.45, 2.75) is 12.5 Å². The number of nitrogens with one attached hydrogen (secondary N) is 2. The number of anilines is 2. The van der Waals surface area contributed by atoms with Crippen LogP contribution < -0.4 is 16.4 Å². The minimum Gasteiger partial charge on any atom is -0.423 e. The third-order valence-corrected chi connectivity index (χ3v) is 2.76. The van der Waals surface area contributed by atoms with Crippen LogP contribution >= 0.6 is 0 Å². The summed E-state index contributed by atoms with van der Waals surface area (Å²) in [6.45, 7) is 0.590. The minimum atomic E-state index is 0.0248. The van der Waals surface area contributed by atoms with Gasteiger partial charge in [-0.2, -0.15) is 4.98 Å². The number of amides is 1. The van der Waals surface area contributed by atoms with Crippen LogP contribution in [0.4, 0.5) is 11.7 Å². The molecule has 1 amide bonds. The Hall–Kier alpha value is -2.24. The van der Waals surface area contributed by atoms with Gasteiger partial charge in [-0.1, -0.05) is 6.07 Å². The summed E-state index contributed by atoms with van der Waals surface area (Å²) >= 11 is 0. The number of nitrogen functional groups attached to an aromatic ring is 1. The van der Waals surface area contributed by atoms with Crippen molar-refractivity contribution in [2.24, 2.45) is 0 Å². The Morgan fingerprint density at radius 3 is 3.12 bits per heavy atom. The molecular formula is C11H12N4O2. The monoisotopic (exact) mass is 232 g/mol. The highest BCUT2D eigenvalue weighted by Gasteiger charge is 2.22. The number of para-hydroxylation sites is 1. The fraction of sp³-hybridized carbons (Fsp3) is 0.273. The normalized spacial score (nSPS) is 19.5. The van der Waals surface area contributed by atoms with Crippen LogP contribution in [0, 0.1) is 0 Å². The van der Waals surface area contributed by atoms with Gasteiger partial charge in [-0.3, -0.25) is 4.79 Å². The molecule has 1 aromatic carbocycles. The summed E-state index contributed by atoms with van der Waals surface area (Å²) in [6.07, 6.45) is 0.439. The van der Waals surface area contributed by atoms with E-state index >= 15 is 0 Å². The molecule has 17 heavy (non-hydrogen) atoms. The molecule has 1 saturated heterocycles. The first kappa shape index (κ1) is 9.95. The maximum atomic E-state index is 11.0. The van der Waals surface area contributed by atoms with Crippen molar-refractivity contribution in [1.82, 2.24) is 10.3 Å². The molecule has 6 nitrogen and oxygen atoms in total. The van der Waals surface area contributed by atoms with Crippen LogP contribution in [0.25, 0.3) is 11.1 Å². The Morgan fingerprint density at radius 1 is 1.53 bits per heavy atom. The van der Waals surface area contributed by atoms with Crippen molar-refractivity contribution in [3.8, 4) is 0 Å². The van der Waals surface area contributed by atoms with Crippen molar-refractivity contribution in [1.29, 1.82) is 0 Å². The number of nitrogens with zero attached hydrogens (tertiary/aromatic N) is 1. The summed E-state index contributed by atoms with van der Waals surface area (Å²) in [5.41, 5.74) is 7.66. The second-order valence-electron chi connectivity index (χ2n) is 4.06. The van der Waals surface area contributed by atoms with Crippen molar-refractivity contribution >= 4 is 28.7 Å².